The zero-order valence-corrected chi connectivity index (χ0v) is 12.3. The van der Waals surface area contributed by atoms with E-state index in [1.807, 2.05) is 0 Å². The predicted molar refractivity (Wildman–Crippen MR) is 72.9 cm³/mol. The first-order valence-electron chi connectivity index (χ1n) is 5.75. The van der Waals surface area contributed by atoms with Crippen LogP contribution in [-0.2, 0) is 24.5 Å². The quantitative estimate of drug-likeness (QED) is 0.342. The van der Waals surface area contributed by atoms with Crippen molar-refractivity contribution >= 4 is 27.8 Å². The third-order valence-electron chi connectivity index (χ3n) is 2.34. The van der Waals surface area contributed by atoms with Crippen LogP contribution in [0.1, 0.15) is 13.8 Å². The molecule has 0 spiro atoms. The molecule has 0 atom stereocenters. The minimum Gasteiger partial charge on any atom is -0.512 e. The van der Waals surface area contributed by atoms with Crippen LogP contribution in [0.15, 0.2) is 15.7 Å². The molecular formula is C10H16N4O6S. The second kappa shape index (κ2) is 6.54. The Hall–Kier alpha value is -2.14. The van der Waals surface area contributed by atoms with Gasteiger partial charge in [0.05, 0.1) is 12.2 Å². The minimum absolute atomic E-state index is 0.0519. The van der Waals surface area contributed by atoms with Crippen LogP contribution in [-0.4, -0.2) is 55.4 Å². The lowest BCUT2D eigenvalue weighted by atomic mass is 10.2. The number of hydrogen-bond donors (Lipinski definition) is 3. The van der Waals surface area contributed by atoms with E-state index in [-0.39, 0.29) is 24.5 Å². The number of amidine groups is 2. The van der Waals surface area contributed by atoms with Crippen molar-refractivity contribution in [2.45, 2.75) is 13.8 Å². The van der Waals surface area contributed by atoms with Gasteiger partial charge in [-0.3, -0.25) is 10.2 Å². The largest absolute Gasteiger partial charge is 0.512 e. The summed E-state index contributed by atoms with van der Waals surface area (Å²) in [6, 6.07) is 0. The molecule has 0 unspecified atom stereocenters. The number of rotatable bonds is 5. The third-order valence-corrected chi connectivity index (χ3v) is 3.61. The molecule has 21 heavy (non-hydrogen) atoms. The van der Waals surface area contributed by atoms with E-state index < -0.39 is 34.6 Å². The fourth-order valence-electron chi connectivity index (χ4n) is 1.46. The van der Waals surface area contributed by atoms with Crippen LogP contribution in [0, 0.1) is 5.41 Å². The fraction of sp³-hybridized carbons (Fsp3) is 0.500. The minimum atomic E-state index is -4.20. The van der Waals surface area contributed by atoms with Crippen LogP contribution < -0.4 is 5.73 Å². The van der Waals surface area contributed by atoms with Crippen LogP contribution in [0.25, 0.3) is 0 Å². The average molecular weight is 320 g/mol. The lowest BCUT2D eigenvalue weighted by Crippen LogP contribution is -2.46. The normalized spacial score (nSPS) is 20.0. The molecule has 0 saturated heterocycles. The van der Waals surface area contributed by atoms with Gasteiger partial charge in [-0.2, -0.15) is 8.42 Å². The third kappa shape index (κ3) is 4.16. The highest BCUT2D eigenvalue weighted by atomic mass is 32.2. The first kappa shape index (κ1) is 16.9. The number of nitrogens with zero attached hydrogens (tertiary/aromatic N) is 2. The number of esters is 1. The number of carbonyl (C=O) groups is 1. The maximum atomic E-state index is 11.8. The monoisotopic (exact) mass is 320 g/mol. The Balaban J connectivity index is 2.80. The number of nitrogens with two attached hydrogens (primary N) is 1. The van der Waals surface area contributed by atoms with Crippen molar-refractivity contribution in [2.24, 2.45) is 10.1 Å². The highest BCUT2D eigenvalue weighted by Gasteiger charge is 2.35. The summed E-state index contributed by atoms with van der Waals surface area (Å²) >= 11 is 0. The summed E-state index contributed by atoms with van der Waals surface area (Å²) in [5, 5.41) is 17.2. The summed E-state index contributed by atoms with van der Waals surface area (Å²) in [6.07, 6.45) is 0. The van der Waals surface area contributed by atoms with Crippen molar-refractivity contribution < 1.29 is 27.8 Å². The van der Waals surface area contributed by atoms with Crippen LogP contribution in [0.4, 0.5) is 0 Å². The first-order chi connectivity index (χ1) is 9.66. The Kier molecular flexibility index (Phi) is 5.27. The number of hydrogen-bond acceptors (Lipinski definition) is 8. The van der Waals surface area contributed by atoms with Gasteiger partial charge >= 0.3 is 16.2 Å². The van der Waals surface area contributed by atoms with Crippen molar-refractivity contribution in [2.75, 3.05) is 19.9 Å². The van der Waals surface area contributed by atoms with Gasteiger partial charge in [0, 0.05) is 6.92 Å². The highest BCUT2D eigenvalue weighted by molar-refractivity contribution is 7.88. The molecule has 118 valence electrons. The summed E-state index contributed by atoms with van der Waals surface area (Å²) in [7, 11) is -4.20. The second-order valence-corrected chi connectivity index (χ2v) is 5.51. The number of ether oxygens (including phenoxy) is 2. The molecule has 4 N–H and O–H groups in total. The summed E-state index contributed by atoms with van der Waals surface area (Å²) in [5.74, 6) is -1.83. The van der Waals surface area contributed by atoms with E-state index in [4.69, 9.17) is 15.9 Å². The van der Waals surface area contributed by atoms with Crippen LogP contribution in [0.5, 0.6) is 0 Å². The standard InChI is InChI=1S/C10H16N4O6S/c1-6(15)8-9(11)13-21(17,18)14(10(8)12)5-19-3-4-20-7(2)16/h12,15H,3-5H2,1-2H3,(H2,11,13)/b8-6-,12-10?. The Bertz CT molecular complexity index is 605. The van der Waals surface area contributed by atoms with Crippen molar-refractivity contribution in [3.8, 4) is 0 Å². The second-order valence-electron chi connectivity index (χ2n) is 3.99. The van der Waals surface area contributed by atoms with Crippen LogP contribution in [0.3, 0.4) is 0 Å². The van der Waals surface area contributed by atoms with Crippen LogP contribution >= 0.6 is 0 Å². The molecule has 0 aromatic carbocycles. The molecule has 0 saturated carbocycles. The molecule has 0 aromatic rings. The Morgan fingerprint density at radius 2 is 2.05 bits per heavy atom. The Morgan fingerprint density at radius 3 is 2.57 bits per heavy atom. The molecule has 0 radical (unpaired) electrons. The molecule has 10 nitrogen and oxygen atoms in total. The molecule has 0 aromatic heterocycles. The van der Waals surface area contributed by atoms with Gasteiger partial charge in [-0.15, -0.1) is 4.40 Å². The van der Waals surface area contributed by atoms with Gasteiger partial charge in [0.1, 0.15) is 19.1 Å². The van der Waals surface area contributed by atoms with Gasteiger partial charge < -0.3 is 20.3 Å². The van der Waals surface area contributed by atoms with Gasteiger partial charge in [-0.05, 0) is 6.92 Å². The SMILES string of the molecule is CC(=O)OCCOCN1C(=N)/C(=C(/C)O)C(N)=NS1(=O)=O. The van der Waals surface area contributed by atoms with Gasteiger partial charge in [-0.1, -0.05) is 0 Å². The Labute approximate surface area is 121 Å². The van der Waals surface area contributed by atoms with Gasteiger partial charge in [0.2, 0.25) is 0 Å². The number of aliphatic hydroxyl groups is 1. The van der Waals surface area contributed by atoms with Gasteiger partial charge in [-0.25, -0.2) is 4.31 Å². The number of aliphatic hydroxyl groups excluding tert-OH is 1. The fourth-order valence-corrected chi connectivity index (χ4v) is 2.43. The average Bonchev–Trinajstić information content (AvgIpc) is 2.30. The Morgan fingerprint density at radius 1 is 1.43 bits per heavy atom. The molecule has 0 aliphatic carbocycles. The zero-order valence-electron chi connectivity index (χ0n) is 11.5. The predicted octanol–water partition coefficient (Wildman–Crippen LogP) is -0.750. The smallest absolute Gasteiger partial charge is 0.349 e. The number of nitrogens with one attached hydrogen (secondary N) is 1. The van der Waals surface area contributed by atoms with Crippen molar-refractivity contribution in [1.29, 1.82) is 5.41 Å². The zero-order chi connectivity index (χ0) is 16.2. The summed E-state index contributed by atoms with van der Waals surface area (Å²) < 4.78 is 37.0. The lowest BCUT2D eigenvalue weighted by molar-refractivity contribution is -0.142. The van der Waals surface area contributed by atoms with Crippen LogP contribution in [0.2, 0.25) is 0 Å². The van der Waals surface area contributed by atoms with E-state index in [0.29, 0.717) is 4.31 Å². The molecule has 0 fully saturated rings. The van der Waals surface area contributed by atoms with E-state index in [1.54, 1.807) is 0 Å². The van der Waals surface area contributed by atoms with Gasteiger partial charge in [0.25, 0.3) is 0 Å². The van der Waals surface area contributed by atoms with E-state index in [2.05, 4.69) is 9.13 Å². The summed E-state index contributed by atoms with van der Waals surface area (Å²) in [5.41, 5.74) is 5.22. The summed E-state index contributed by atoms with van der Waals surface area (Å²) in [4.78, 5) is 10.5. The van der Waals surface area contributed by atoms with Gasteiger partial charge in [0.15, 0.2) is 11.7 Å². The molecule has 1 heterocycles. The molecule has 1 aliphatic heterocycles. The topological polar surface area (TPSA) is 155 Å². The van der Waals surface area contributed by atoms with E-state index in [1.165, 1.54) is 13.8 Å². The molecule has 0 amide bonds. The van der Waals surface area contributed by atoms with Crippen molar-refractivity contribution in [3.05, 3.63) is 11.3 Å². The molecule has 1 aliphatic rings. The van der Waals surface area contributed by atoms with E-state index in [9.17, 15) is 18.3 Å². The first-order valence-corrected chi connectivity index (χ1v) is 7.15. The molecule has 1 rings (SSSR count). The number of allylic oxidation sites excluding steroid dienone is 1. The summed E-state index contributed by atoms with van der Waals surface area (Å²) in [6.45, 7) is 1.85. The number of carbonyl (C=O) groups excluding carboxylic acids is 1. The van der Waals surface area contributed by atoms with E-state index >= 15 is 0 Å². The maximum absolute atomic E-state index is 11.8. The van der Waals surface area contributed by atoms with Crippen molar-refractivity contribution in [1.82, 2.24) is 4.31 Å². The van der Waals surface area contributed by atoms with Crippen molar-refractivity contribution in [3.63, 3.8) is 0 Å². The maximum Gasteiger partial charge on any atom is 0.349 e. The lowest BCUT2D eigenvalue weighted by Gasteiger charge is -2.27. The molecular weight excluding hydrogens is 304 g/mol. The van der Waals surface area contributed by atoms with E-state index in [0.717, 1.165) is 0 Å². The molecule has 0 bridgehead atoms. The molecule has 11 heteroatoms. The highest BCUT2D eigenvalue weighted by Crippen LogP contribution is 2.18.